The maximum atomic E-state index is 13.2. The molecule has 1 aromatic heterocycles. The van der Waals surface area contributed by atoms with Gasteiger partial charge in [0, 0.05) is 49.6 Å². The third-order valence-electron chi connectivity index (χ3n) is 6.67. The van der Waals surface area contributed by atoms with Gasteiger partial charge in [0.25, 0.3) is 5.92 Å². The van der Waals surface area contributed by atoms with Crippen LogP contribution in [0.3, 0.4) is 0 Å². The molecule has 1 aromatic carbocycles. The summed E-state index contributed by atoms with van der Waals surface area (Å²) in [6, 6.07) is 5.86. The maximum Gasteiger partial charge on any atom is 0.260 e. The van der Waals surface area contributed by atoms with Gasteiger partial charge >= 0.3 is 0 Å². The molecule has 1 amide bonds. The molecule has 4 heterocycles. The summed E-state index contributed by atoms with van der Waals surface area (Å²) >= 11 is 6.22. The minimum Gasteiger partial charge on any atom is -0.341 e. The number of amides is 1. The Morgan fingerprint density at radius 2 is 1.90 bits per heavy atom. The molecule has 1 aliphatic carbocycles. The Morgan fingerprint density at radius 3 is 2.60 bits per heavy atom. The molecule has 2 aromatic rings. The topological polar surface area (TPSA) is 57.5 Å². The lowest BCUT2D eigenvalue weighted by atomic mass is 9.73. The van der Waals surface area contributed by atoms with E-state index in [-0.39, 0.29) is 11.8 Å². The van der Waals surface area contributed by atoms with Gasteiger partial charge in [0.15, 0.2) is 5.82 Å². The Morgan fingerprint density at radius 1 is 1.17 bits per heavy atom. The van der Waals surface area contributed by atoms with E-state index in [4.69, 9.17) is 11.6 Å². The van der Waals surface area contributed by atoms with Crippen molar-refractivity contribution in [3.8, 4) is 5.69 Å². The number of benzene rings is 1. The van der Waals surface area contributed by atoms with Crippen molar-refractivity contribution < 1.29 is 13.6 Å². The molecule has 4 aliphatic rings. The lowest BCUT2D eigenvalue weighted by molar-refractivity contribution is -0.148. The molecule has 7 nitrogen and oxygen atoms in total. The number of alkyl halides is 2. The number of likely N-dealkylation sites (tertiary alicyclic amines) is 1. The van der Waals surface area contributed by atoms with Gasteiger partial charge < -0.3 is 9.80 Å². The molecular weight excluding hydrogens is 414 g/mol. The van der Waals surface area contributed by atoms with Crippen molar-refractivity contribution in [3.63, 3.8) is 0 Å². The lowest BCUT2D eigenvalue weighted by Crippen LogP contribution is -2.73. The van der Waals surface area contributed by atoms with Gasteiger partial charge in [0.05, 0.1) is 12.2 Å². The van der Waals surface area contributed by atoms with E-state index < -0.39 is 17.7 Å². The maximum absolute atomic E-state index is 13.2. The minimum atomic E-state index is -2.80. The number of hydrogen-bond acceptors (Lipinski definition) is 5. The Bertz CT molecular complexity index is 1060. The summed E-state index contributed by atoms with van der Waals surface area (Å²) in [5.41, 5.74) is 2.13. The molecule has 1 atom stereocenters. The molecule has 0 N–H and O–H groups in total. The van der Waals surface area contributed by atoms with Crippen LogP contribution in [0.25, 0.3) is 5.69 Å². The van der Waals surface area contributed by atoms with Gasteiger partial charge in [-0.05, 0) is 30.8 Å². The Kier molecular flexibility index (Phi) is 3.65. The summed E-state index contributed by atoms with van der Waals surface area (Å²) < 4.78 is 28.5. The predicted molar refractivity (Wildman–Crippen MR) is 106 cm³/mol. The quantitative estimate of drug-likeness (QED) is 0.725. The molecule has 0 bridgehead atoms. The van der Waals surface area contributed by atoms with Crippen LogP contribution in [0.5, 0.6) is 0 Å². The monoisotopic (exact) mass is 434 g/mol. The first-order valence-corrected chi connectivity index (χ1v) is 10.5. The summed E-state index contributed by atoms with van der Waals surface area (Å²) in [7, 11) is 2.04. The smallest absolute Gasteiger partial charge is 0.260 e. The molecule has 3 fully saturated rings. The van der Waals surface area contributed by atoms with Crippen LogP contribution in [-0.4, -0.2) is 69.6 Å². The highest BCUT2D eigenvalue weighted by molar-refractivity contribution is 6.30. The largest absolute Gasteiger partial charge is 0.341 e. The van der Waals surface area contributed by atoms with Gasteiger partial charge in [-0.3, -0.25) is 14.3 Å². The van der Waals surface area contributed by atoms with Crippen molar-refractivity contribution in [1.29, 1.82) is 0 Å². The van der Waals surface area contributed by atoms with E-state index in [2.05, 4.69) is 24.6 Å². The fourth-order valence-electron chi connectivity index (χ4n) is 5.07. The van der Waals surface area contributed by atoms with Gasteiger partial charge in [0.2, 0.25) is 11.9 Å². The zero-order valence-corrected chi connectivity index (χ0v) is 17.2. The Labute approximate surface area is 177 Å². The summed E-state index contributed by atoms with van der Waals surface area (Å²) in [5, 5.41) is 9.57. The van der Waals surface area contributed by atoms with Crippen LogP contribution in [0.15, 0.2) is 18.2 Å². The van der Waals surface area contributed by atoms with Crippen LogP contribution < -0.4 is 4.90 Å². The first-order valence-electron chi connectivity index (χ1n) is 10.1. The second kappa shape index (κ2) is 5.91. The number of anilines is 1. The highest BCUT2D eigenvalue weighted by Crippen LogP contribution is 2.52. The van der Waals surface area contributed by atoms with Crippen LogP contribution in [0.1, 0.15) is 17.8 Å². The average molecular weight is 435 g/mol. The number of aromatic nitrogens is 3. The zero-order chi connectivity index (χ0) is 20.8. The number of hydrogen-bond donors (Lipinski definition) is 0. The number of carbonyl (C=O) groups excluding carboxylic acids is 1. The van der Waals surface area contributed by atoms with E-state index in [9.17, 15) is 13.6 Å². The lowest BCUT2D eigenvalue weighted by Gasteiger charge is -2.60. The average Bonchev–Trinajstić information content (AvgIpc) is 3.12. The van der Waals surface area contributed by atoms with E-state index in [0.717, 1.165) is 42.7 Å². The number of fused-ring (bicyclic) bond motifs is 3. The van der Waals surface area contributed by atoms with Gasteiger partial charge in [-0.2, -0.15) is 0 Å². The van der Waals surface area contributed by atoms with Crippen LogP contribution in [0.4, 0.5) is 14.7 Å². The third-order valence-corrected chi connectivity index (χ3v) is 6.91. The van der Waals surface area contributed by atoms with Crippen LogP contribution in [0.2, 0.25) is 5.02 Å². The van der Waals surface area contributed by atoms with Crippen LogP contribution >= 0.6 is 11.6 Å². The Balaban J connectivity index is 1.21. The first kappa shape index (κ1) is 18.5. The fourth-order valence-corrected chi connectivity index (χ4v) is 5.27. The van der Waals surface area contributed by atoms with E-state index in [1.807, 2.05) is 25.2 Å². The van der Waals surface area contributed by atoms with E-state index >= 15 is 0 Å². The highest BCUT2D eigenvalue weighted by atomic mass is 35.5. The van der Waals surface area contributed by atoms with Gasteiger partial charge in [-0.25, -0.2) is 8.78 Å². The normalized spacial score (nSPS) is 25.8. The van der Waals surface area contributed by atoms with Crippen LogP contribution in [-0.2, 0) is 17.9 Å². The van der Waals surface area contributed by atoms with Gasteiger partial charge in [0.1, 0.15) is 5.92 Å². The Hall–Kier alpha value is -2.26. The molecule has 1 spiro atoms. The van der Waals surface area contributed by atoms with E-state index in [1.165, 1.54) is 0 Å². The second-order valence-corrected chi connectivity index (χ2v) is 9.70. The van der Waals surface area contributed by atoms with E-state index in [0.29, 0.717) is 24.7 Å². The van der Waals surface area contributed by atoms with Crippen molar-refractivity contribution >= 4 is 23.5 Å². The van der Waals surface area contributed by atoms with Crippen molar-refractivity contribution in [2.45, 2.75) is 25.4 Å². The SMILES string of the molecule is CN1Cc2cc(Cl)ccc2-n2c(nnc2N2CC3(CN(C(=O)C4CC4(F)F)C3)C2)C1. The van der Waals surface area contributed by atoms with Gasteiger partial charge in [-0.1, -0.05) is 11.6 Å². The summed E-state index contributed by atoms with van der Waals surface area (Å²) in [4.78, 5) is 18.1. The molecular formula is C20H21ClF2N6O. The molecule has 1 saturated carbocycles. The zero-order valence-electron chi connectivity index (χ0n) is 16.5. The third kappa shape index (κ3) is 2.68. The second-order valence-electron chi connectivity index (χ2n) is 9.27. The molecule has 30 heavy (non-hydrogen) atoms. The van der Waals surface area contributed by atoms with Gasteiger partial charge in [-0.15, -0.1) is 10.2 Å². The number of nitrogens with zero attached hydrogens (tertiary/aromatic N) is 6. The molecule has 2 saturated heterocycles. The number of carbonyl (C=O) groups is 1. The molecule has 10 heteroatoms. The molecule has 6 rings (SSSR count). The summed E-state index contributed by atoms with van der Waals surface area (Å²) in [5.74, 6) is -2.63. The van der Waals surface area contributed by atoms with Crippen molar-refractivity contribution in [1.82, 2.24) is 24.6 Å². The molecule has 158 valence electrons. The number of halogens is 3. The number of rotatable bonds is 2. The van der Waals surface area contributed by atoms with Crippen LogP contribution in [0, 0.1) is 11.3 Å². The van der Waals surface area contributed by atoms with Crippen molar-refractivity contribution in [3.05, 3.63) is 34.6 Å². The van der Waals surface area contributed by atoms with Crippen molar-refractivity contribution in [2.24, 2.45) is 11.3 Å². The summed E-state index contributed by atoms with van der Waals surface area (Å²) in [6.07, 6.45) is -0.300. The molecule has 0 radical (unpaired) electrons. The molecule has 3 aliphatic heterocycles. The standard InChI is InChI=1S/C20H21ClF2N6O/c1-26-6-12-4-13(21)2-3-15(12)29-16(7-26)24-25-18(29)28-10-19(11-28)8-27(9-19)17(30)14-5-20(14,22)23/h2-4,14H,5-11H2,1H3. The highest BCUT2D eigenvalue weighted by Gasteiger charge is 2.65. The van der Waals surface area contributed by atoms with E-state index in [1.54, 1.807) is 4.90 Å². The summed E-state index contributed by atoms with van der Waals surface area (Å²) in [6.45, 7) is 4.03. The minimum absolute atomic E-state index is 0.0173. The van der Waals surface area contributed by atoms with Crippen molar-refractivity contribution in [2.75, 3.05) is 38.1 Å². The first-order chi connectivity index (χ1) is 14.2. The molecule has 1 unspecified atom stereocenters. The fraction of sp³-hybridized carbons (Fsp3) is 0.550. The predicted octanol–water partition coefficient (Wildman–Crippen LogP) is 2.17.